The van der Waals surface area contributed by atoms with Crippen LogP contribution in [0.2, 0.25) is 0 Å². The zero-order chi connectivity index (χ0) is 53.9. The summed E-state index contributed by atoms with van der Waals surface area (Å²) in [6.07, 6.45) is 40.3. The number of carbonyl (C=O) groups excluding carboxylic acids is 1. The molecule has 2 heterocycles. The van der Waals surface area contributed by atoms with Crippen molar-refractivity contribution in [2.24, 2.45) is 0 Å². The van der Waals surface area contributed by atoms with Crippen molar-refractivity contribution in [1.82, 2.24) is 5.32 Å². The normalized spacial score (nSPS) is 25.5. The highest BCUT2D eigenvalue weighted by molar-refractivity contribution is 5.76. The lowest BCUT2D eigenvalue weighted by Crippen LogP contribution is -2.65. The highest BCUT2D eigenvalue weighted by Crippen LogP contribution is 2.30. The van der Waals surface area contributed by atoms with Crippen molar-refractivity contribution in [3.8, 4) is 0 Å². The molecule has 0 aromatic carbocycles. The smallest absolute Gasteiger partial charge is 0.220 e. The largest absolute Gasteiger partial charge is 0.394 e. The Hall–Kier alpha value is -2.05. The minimum absolute atomic E-state index is 0.245. The monoisotopic (exact) mass is 1050 g/mol. The van der Waals surface area contributed by atoms with E-state index in [-0.39, 0.29) is 18.9 Å². The Kier molecular flexibility index (Phi) is 42.2. The average molecular weight is 1050 g/mol. The van der Waals surface area contributed by atoms with Gasteiger partial charge in [0.25, 0.3) is 0 Å². The fraction of sp³-hybridized carbons (Fsp3) is 0.850. The predicted molar refractivity (Wildman–Crippen MR) is 295 cm³/mol. The van der Waals surface area contributed by atoms with Crippen LogP contribution in [-0.4, -0.2) is 140 Å². The molecule has 2 saturated heterocycles. The second-order valence-electron chi connectivity index (χ2n) is 21.1. The first-order valence-electron chi connectivity index (χ1n) is 29.9. The van der Waals surface area contributed by atoms with Crippen LogP contribution in [0.25, 0.3) is 0 Å². The van der Waals surface area contributed by atoms with Crippen LogP contribution in [0.15, 0.2) is 48.6 Å². The molecule has 0 aromatic rings. The fourth-order valence-corrected chi connectivity index (χ4v) is 9.72. The van der Waals surface area contributed by atoms with Gasteiger partial charge in [-0.2, -0.15) is 0 Å². The predicted octanol–water partition coefficient (Wildman–Crippen LogP) is 10.0. The van der Waals surface area contributed by atoms with E-state index in [0.29, 0.717) is 6.42 Å². The minimum atomic E-state index is -1.79. The van der Waals surface area contributed by atoms with E-state index in [2.05, 4.69) is 55.6 Å². The van der Waals surface area contributed by atoms with Crippen molar-refractivity contribution in [2.75, 3.05) is 19.8 Å². The molecule has 2 rings (SSSR count). The number of hydrogen-bond donors (Lipinski definition) is 9. The first kappa shape index (κ1) is 68.1. The number of amides is 1. The summed E-state index contributed by atoms with van der Waals surface area (Å²) in [4.78, 5) is 13.2. The van der Waals surface area contributed by atoms with Crippen molar-refractivity contribution in [1.29, 1.82) is 0 Å². The maximum Gasteiger partial charge on any atom is 0.220 e. The van der Waals surface area contributed by atoms with Crippen LogP contribution in [0, 0.1) is 0 Å². The molecule has 432 valence electrons. The van der Waals surface area contributed by atoms with Gasteiger partial charge in [0.15, 0.2) is 12.6 Å². The molecule has 0 bridgehead atoms. The number of aliphatic hydroxyl groups excluding tert-OH is 8. The first-order valence-corrected chi connectivity index (χ1v) is 29.9. The van der Waals surface area contributed by atoms with Gasteiger partial charge in [0.1, 0.15) is 48.8 Å². The van der Waals surface area contributed by atoms with E-state index < -0.39 is 86.8 Å². The van der Waals surface area contributed by atoms with E-state index in [1.807, 2.05) is 6.08 Å². The standard InChI is InChI=1S/C60H109NO13/c1-3-5-7-9-11-13-15-17-18-19-20-21-22-23-24-25-26-27-28-29-30-32-33-35-37-39-41-43-49(64)48(61-52(65)44-42-40-38-36-34-31-16-14-12-10-8-6-4-2)47-71-59-57(70)55(68)58(51(46-63)73-59)74-60-56(69)54(67)53(66)50(45-62)72-60/h6,8,12,14,31,34,41,43,48-51,53-60,62-64,66-70H,3-5,7,9-11,13,15-30,32-33,35-40,42,44-47H2,1-2H3,(H,61,65)/b8-6-,14-12-,34-31-,43-41+. The van der Waals surface area contributed by atoms with Crippen LogP contribution < -0.4 is 5.32 Å². The highest BCUT2D eigenvalue weighted by atomic mass is 16.7. The number of ether oxygens (including phenoxy) is 4. The van der Waals surface area contributed by atoms with Gasteiger partial charge in [-0.05, 0) is 51.4 Å². The van der Waals surface area contributed by atoms with E-state index in [1.165, 1.54) is 148 Å². The molecule has 14 heteroatoms. The van der Waals surface area contributed by atoms with E-state index >= 15 is 0 Å². The third kappa shape index (κ3) is 31.4. The quantitative estimate of drug-likeness (QED) is 0.0205. The summed E-state index contributed by atoms with van der Waals surface area (Å²) in [7, 11) is 0. The SMILES string of the molecule is CC/C=C\C/C=C\C/C=C\CCCCCC(=O)NC(COC1OC(CO)C(OC2OC(CO)C(O)C(O)C2O)C(O)C1O)C(O)/C=C/CCCCCCCCCCCCCCCCCCCCCCCCCCC. The number of unbranched alkanes of at least 4 members (excludes halogenated alkanes) is 28. The molecule has 0 saturated carbocycles. The average Bonchev–Trinajstić information content (AvgIpc) is 3.40. The molecule has 14 nitrogen and oxygen atoms in total. The van der Waals surface area contributed by atoms with Gasteiger partial charge in [-0.3, -0.25) is 4.79 Å². The third-order valence-electron chi connectivity index (χ3n) is 14.5. The molecular formula is C60H109NO13. The summed E-state index contributed by atoms with van der Waals surface area (Å²) in [6, 6.07) is -0.931. The zero-order valence-electron chi connectivity index (χ0n) is 46.3. The molecule has 0 radical (unpaired) electrons. The Morgan fingerprint density at radius 3 is 1.43 bits per heavy atom. The lowest BCUT2D eigenvalue weighted by molar-refractivity contribution is -0.359. The third-order valence-corrected chi connectivity index (χ3v) is 14.5. The lowest BCUT2D eigenvalue weighted by Gasteiger charge is -2.46. The van der Waals surface area contributed by atoms with E-state index in [9.17, 15) is 45.6 Å². The molecule has 12 unspecified atom stereocenters. The summed E-state index contributed by atoms with van der Waals surface area (Å²) in [5.74, 6) is -0.268. The number of allylic oxidation sites excluding steroid dienone is 7. The van der Waals surface area contributed by atoms with Crippen LogP contribution in [0.3, 0.4) is 0 Å². The topological polar surface area (TPSA) is 228 Å². The number of rotatable bonds is 47. The van der Waals surface area contributed by atoms with Gasteiger partial charge < -0.3 is 65.1 Å². The Morgan fingerprint density at radius 2 is 0.932 bits per heavy atom. The van der Waals surface area contributed by atoms with Crippen molar-refractivity contribution in [3.05, 3.63) is 48.6 Å². The molecular weight excluding hydrogens is 943 g/mol. The Morgan fingerprint density at radius 1 is 0.500 bits per heavy atom. The van der Waals surface area contributed by atoms with Crippen LogP contribution in [0.4, 0.5) is 0 Å². The van der Waals surface area contributed by atoms with Gasteiger partial charge in [0, 0.05) is 6.42 Å². The molecule has 0 aromatic heterocycles. The lowest BCUT2D eigenvalue weighted by atomic mass is 9.97. The molecule has 0 aliphatic carbocycles. The van der Waals surface area contributed by atoms with E-state index in [1.54, 1.807) is 6.08 Å². The highest BCUT2D eigenvalue weighted by Gasteiger charge is 2.51. The Balaban J connectivity index is 1.73. The van der Waals surface area contributed by atoms with Gasteiger partial charge in [-0.1, -0.05) is 223 Å². The summed E-state index contributed by atoms with van der Waals surface area (Å²) in [5, 5.41) is 87.0. The van der Waals surface area contributed by atoms with Crippen molar-refractivity contribution < 1.29 is 64.6 Å². The summed E-state index contributed by atoms with van der Waals surface area (Å²) in [5.41, 5.74) is 0. The molecule has 2 aliphatic heterocycles. The van der Waals surface area contributed by atoms with Crippen LogP contribution in [-0.2, 0) is 23.7 Å². The van der Waals surface area contributed by atoms with Crippen molar-refractivity contribution in [3.63, 3.8) is 0 Å². The molecule has 1 amide bonds. The number of nitrogens with one attached hydrogen (secondary N) is 1. The fourth-order valence-electron chi connectivity index (χ4n) is 9.72. The number of carbonyl (C=O) groups is 1. The number of hydrogen-bond acceptors (Lipinski definition) is 13. The van der Waals surface area contributed by atoms with Crippen LogP contribution in [0.1, 0.15) is 232 Å². The number of aliphatic hydroxyl groups is 8. The zero-order valence-corrected chi connectivity index (χ0v) is 46.3. The van der Waals surface area contributed by atoms with Crippen molar-refractivity contribution >= 4 is 5.91 Å². The van der Waals surface area contributed by atoms with Gasteiger partial charge in [0.2, 0.25) is 5.91 Å². The Bertz CT molecular complexity index is 1430. The summed E-state index contributed by atoms with van der Waals surface area (Å²) < 4.78 is 22.7. The van der Waals surface area contributed by atoms with Crippen LogP contribution in [0.5, 0.6) is 0 Å². The van der Waals surface area contributed by atoms with Gasteiger partial charge in [0.05, 0.1) is 32.0 Å². The molecule has 74 heavy (non-hydrogen) atoms. The van der Waals surface area contributed by atoms with E-state index in [0.717, 1.165) is 57.8 Å². The first-order chi connectivity index (χ1) is 36.1. The molecule has 0 spiro atoms. The van der Waals surface area contributed by atoms with Gasteiger partial charge in [-0.15, -0.1) is 0 Å². The maximum atomic E-state index is 13.2. The Labute approximate surface area is 448 Å². The van der Waals surface area contributed by atoms with Crippen molar-refractivity contribution in [2.45, 2.75) is 306 Å². The second kappa shape index (κ2) is 45.9. The second-order valence-corrected chi connectivity index (χ2v) is 21.1. The van der Waals surface area contributed by atoms with E-state index in [4.69, 9.17) is 18.9 Å². The molecule has 2 fully saturated rings. The molecule has 2 aliphatic rings. The summed E-state index contributed by atoms with van der Waals surface area (Å²) >= 11 is 0. The summed E-state index contributed by atoms with van der Waals surface area (Å²) in [6.45, 7) is 2.67. The minimum Gasteiger partial charge on any atom is -0.394 e. The maximum absolute atomic E-state index is 13.2. The van der Waals surface area contributed by atoms with Gasteiger partial charge >= 0.3 is 0 Å². The molecule has 12 atom stereocenters. The van der Waals surface area contributed by atoms with Gasteiger partial charge in [-0.25, -0.2) is 0 Å². The molecule has 9 N–H and O–H groups in total. The van der Waals surface area contributed by atoms with Crippen LogP contribution >= 0.6 is 0 Å².